The second-order valence-corrected chi connectivity index (χ2v) is 15.0. The van der Waals surface area contributed by atoms with Crippen LogP contribution in [0.3, 0.4) is 0 Å². The zero-order valence-electron chi connectivity index (χ0n) is 35.5. The predicted molar refractivity (Wildman–Crippen MR) is 230 cm³/mol. The summed E-state index contributed by atoms with van der Waals surface area (Å²) in [7, 11) is 0.367. The van der Waals surface area contributed by atoms with Crippen molar-refractivity contribution in [1.82, 2.24) is 4.72 Å². The Kier molecular flexibility index (Phi) is 32.6. The minimum atomic E-state index is -1.38. The summed E-state index contributed by atoms with van der Waals surface area (Å²) in [6.45, 7) is 30.5. The maximum Gasteiger partial charge on any atom is 0.263 e. The number of hydrogen-bond acceptors (Lipinski definition) is 5. The van der Waals surface area contributed by atoms with Gasteiger partial charge in [0.1, 0.15) is 16.7 Å². The Morgan fingerprint density at radius 3 is 2.29 bits per heavy atom. The van der Waals surface area contributed by atoms with E-state index in [9.17, 15) is 9.00 Å². The molecule has 6 nitrogen and oxygen atoms in total. The number of rotatable bonds is 19. The molecule has 0 aromatic heterocycles. The Bertz CT molecular complexity index is 1190. The molecule has 3 atom stereocenters. The van der Waals surface area contributed by atoms with Crippen LogP contribution in [-0.4, -0.2) is 49.3 Å². The molecule has 3 unspecified atom stereocenters. The molecule has 1 N–H and O–H groups in total. The Hall–Kier alpha value is -2.64. The number of anilines is 1. The summed E-state index contributed by atoms with van der Waals surface area (Å²) in [5.41, 5.74) is 4.20. The first-order chi connectivity index (χ1) is 25.1. The summed E-state index contributed by atoms with van der Waals surface area (Å²) in [5, 5.41) is 0. The number of fused-ring (bicyclic) bond motifs is 1. The lowest BCUT2D eigenvalue weighted by Crippen LogP contribution is -2.38. The first-order valence-corrected chi connectivity index (χ1v) is 21.7. The normalized spacial score (nSPS) is 15.5. The second-order valence-electron chi connectivity index (χ2n) is 13.7. The first-order valence-electron chi connectivity index (χ1n) is 20.4. The average Bonchev–Trinajstić information content (AvgIpc) is 3.29. The molecule has 1 aliphatic heterocycles. The van der Waals surface area contributed by atoms with Gasteiger partial charge in [-0.3, -0.25) is 9.52 Å². The van der Waals surface area contributed by atoms with Gasteiger partial charge in [0.15, 0.2) is 0 Å². The minimum absolute atomic E-state index is 0.00245. The summed E-state index contributed by atoms with van der Waals surface area (Å²) >= 11 is 0. The summed E-state index contributed by atoms with van der Waals surface area (Å²) in [5.74, 6) is 1.71. The van der Waals surface area contributed by atoms with E-state index in [0.29, 0.717) is 23.8 Å². The smallest absolute Gasteiger partial charge is 0.263 e. The largest absolute Gasteiger partial charge is 0.491 e. The van der Waals surface area contributed by atoms with Crippen molar-refractivity contribution in [2.75, 3.05) is 44.1 Å². The fourth-order valence-corrected chi connectivity index (χ4v) is 6.81. The number of methoxy groups -OCH3 is 1. The van der Waals surface area contributed by atoms with Crippen molar-refractivity contribution in [3.63, 3.8) is 0 Å². The third-order valence-corrected chi connectivity index (χ3v) is 9.69. The predicted octanol–water partition coefficient (Wildman–Crippen LogP) is 12.3. The lowest BCUT2D eigenvalue weighted by Gasteiger charge is -2.33. The molecule has 0 bridgehead atoms. The van der Waals surface area contributed by atoms with Gasteiger partial charge in [-0.15, -0.1) is 13.2 Å². The van der Waals surface area contributed by atoms with Crippen LogP contribution < -0.4 is 14.4 Å². The van der Waals surface area contributed by atoms with E-state index in [-0.39, 0.29) is 11.3 Å². The Labute approximate surface area is 324 Å². The number of carbonyl (C=O) groups is 1. The molecule has 0 aliphatic carbocycles. The summed E-state index contributed by atoms with van der Waals surface area (Å²) in [4.78, 5) is 15.5. The third kappa shape index (κ3) is 22.4. The molecule has 1 heterocycles. The van der Waals surface area contributed by atoms with E-state index in [4.69, 9.17) is 9.47 Å². The van der Waals surface area contributed by atoms with E-state index in [2.05, 4.69) is 88.6 Å². The van der Waals surface area contributed by atoms with Gasteiger partial charge in [-0.05, 0) is 75.1 Å². The van der Waals surface area contributed by atoms with Crippen molar-refractivity contribution in [3.8, 4) is 5.75 Å². The SMILES string of the molecule is C=C.CC.CC.CCC.CCCCN1CC(C)(CCCc2cccc(C)c2)COc2ccc(C(=O)NS(=O)CCCCCCC(C)CCOC)cc21. The number of amides is 1. The van der Waals surface area contributed by atoms with Crippen LogP contribution in [-0.2, 0) is 22.1 Å². The number of nitrogens with one attached hydrogen (secondary N) is 1. The van der Waals surface area contributed by atoms with E-state index in [1.54, 1.807) is 13.2 Å². The van der Waals surface area contributed by atoms with Gasteiger partial charge in [0.05, 0.1) is 12.3 Å². The average molecular weight is 745 g/mol. The zero-order valence-corrected chi connectivity index (χ0v) is 36.4. The topological polar surface area (TPSA) is 67.9 Å². The molecule has 3 rings (SSSR count). The highest BCUT2D eigenvalue weighted by molar-refractivity contribution is 7.83. The minimum Gasteiger partial charge on any atom is -0.491 e. The highest BCUT2D eigenvalue weighted by Gasteiger charge is 2.33. The lowest BCUT2D eigenvalue weighted by molar-refractivity contribution is 0.0983. The van der Waals surface area contributed by atoms with Crippen molar-refractivity contribution in [2.24, 2.45) is 11.3 Å². The lowest BCUT2D eigenvalue weighted by atomic mass is 9.84. The number of nitrogens with zero attached hydrogens (tertiary/aromatic N) is 1. The van der Waals surface area contributed by atoms with Crippen LogP contribution >= 0.6 is 0 Å². The van der Waals surface area contributed by atoms with Gasteiger partial charge in [0.25, 0.3) is 5.91 Å². The zero-order chi connectivity index (χ0) is 39.8. The van der Waals surface area contributed by atoms with E-state index in [1.807, 2.05) is 39.8 Å². The summed E-state index contributed by atoms with van der Waals surface area (Å²) in [6, 6.07) is 14.4. The molecule has 0 spiro atoms. The molecule has 52 heavy (non-hydrogen) atoms. The monoisotopic (exact) mass is 745 g/mol. The number of benzene rings is 2. The number of ether oxygens (including phenoxy) is 2. The van der Waals surface area contributed by atoms with Gasteiger partial charge in [0, 0.05) is 43.5 Å². The van der Waals surface area contributed by atoms with E-state index in [1.165, 1.54) is 30.4 Å². The second kappa shape index (κ2) is 33.0. The van der Waals surface area contributed by atoms with Gasteiger partial charge in [-0.25, -0.2) is 4.21 Å². The Morgan fingerprint density at radius 1 is 0.981 bits per heavy atom. The summed E-state index contributed by atoms with van der Waals surface area (Å²) in [6.07, 6.45) is 13.2. The van der Waals surface area contributed by atoms with Gasteiger partial charge >= 0.3 is 0 Å². The molecule has 1 amide bonds. The van der Waals surface area contributed by atoms with E-state index in [0.717, 1.165) is 88.9 Å². The van der Waals surface area contributed by atoms with E-state index >= 15 is 0 Å². The van der Waals surface area contributed by atoms with Crippen molar-refractivity contribution in [2.45, 2.75) is 146 Å². The van der Waals surface area contributed by atoms with Gasteiger partial charge in [-0.2, -0.15) is 0 Å². The number of unbranched alkanes of at least 4 members (excludes halogenated alkanes) is 4. The number of carbonyl (C=O) groups excluding carboxylic acids is 1. The molecule has 2 aromatic rings. The van der Waals surface area contributed by atoms with Gasteiger partial charge in [0.2, 0.25) is 0 Å². The highest BCUT2D eigenvalue weighted by atomic mass is 32.2. The van der Waals surface area contributed by atoms with Crippen molar-refractivity contribution in [3.05, 3.63) is 72.3 Å². The molecule has 2 aromatic carbocycles. The quantitative estimate of drug-likeness (QED) is 0.115. The number of aryl methyl sites for hydroxylation is 2. The fraction of sp³-hybridized carbons (Fsp3) is 0.667. The molecule has 7 heteroatoms. The van der Waals surface area contributed by atoms with Crippen LogP contribution in [0, 0.1) is 18.3 Å². The van der Waals surface area contributed by atoms with E-state index < -0.39 is 11.0 Å². The standard InChI is InChI=1S/C36H56N2O4S.C3H8.2C2H6.C2H4/c1-6-7-22-38-27-36(4,21-13-17-31-16-12-15-30(3)25-31)28-42-34-19-18-32(26-33(34)38)35(39)37-43(40)24-11-9-8-10-14-29(2)20-23-41-5;1-3-2;3*1-2/h12,15-16,18-19,25-26,29H,6-11,13-14,17,20-24,27-28H2,1-5H3,(H,37,39);3H2,1-2H3;2*1-2H3;1-2H2. The molecular weight excluding hydrogens is 665 g/mol. The van der Waals surface area contributed by atoms with Gasteiger partial charge in [-0.1, -0.05) is 131 Å². The maximum atomic E-state index is 13.1. The van der Waals surface area contributed by atoms with Crippen LogP contribution in [0.25, 0.3) is 0 Å². The molecule has 0 saturated carbocycles. The molecule has 0 radical (unpaired) electrons. The van der Waals surface area contributed by atoms with Crippen LogP contribution in [0.1, 0.15) is 154 Å². The van der Waals surface area contributed by atoms with Crippen LogP contribution in [0.5, 0.6) is 5.75 Å². The van der Waals surface area contributed by atoms with Crippen LogP contribution in [0.2, 0.25) is 0 Å². The molecule has 300 valence electrons. The first kappa shape index (κ1) is 51.5. The van der Waals surface area contributed by atoms with Crippen LogP contribution in [0.4, 0.5) is 5.69 Å². The van der Waals surface area contributed by atoms with Crippen molar-refractivity contribution < 1.29 is 18.5 Å². The Morgan fingerprint density at radius 2 is 1.65 bits per heavy atom. The Balaban J connectivity index is 0. The third-order valence-electron chi connectivity index (χ3n) is 8.62. The molecule has 0 fully saturated rings. The fourth-order valence-electron chi connectivity index (χ4n) is 5.91. The van der Waals surface area contributed by atoms with Crippen molar-refractivity contribution in [1.29, 1.82) is 0 Å². The molecular formula is C45H80N2O4S. The highest BCUT2D eigenvalue weighted by Crippen LogP contribution is 2.39. The number of hydrogen-bond donors (Lipinski definition) is 1. The van der Waals surface area contributed by atoms with Gasteiger partial charge < -0.3 is 14.4 Å². The molecule has 0 saturated heterocycles. The molecule has 1 aliphatic rings. The maximum absolute atomic E-state index is 13.1. The van der Waals surface area contributed by atoms with Crippen molar-refractivity contribution >= 4 is 22.6 Å². The summed E-state index contributed by atoms with van der Waals surface area (Å²) < 4.78 is 27.0. The van der Waals surface area contributed by atoms with Crippen LogP contribution in [0.15, 0.2) is 55.6 Å².